The molecule has 602 valence electrons. The fourth-order valence-corrected chi connectivity index (χ4v) is 13.8. The van der Waals surface area contributed by atoms with Crippen molar-refractivity contribution in [1.82, 2.24) is 0 Å². The van der Waals surface area contributed by atoms with Gasteiger partial charge in [0.2, 0.25) is 0 Å². The van der Waals surface area contributed by atoms with Crippen LogP contribution >= 0.6 is 15.6 Å². The molecule has 19 heteroatoms. The molecule has 102 heavy (non-hydrogen) atoms. The van der Waals surface area contributed by atoms with Gasteiger partial charge in [-0.3, -0.25) is 37.3 Å². The second-order valence-electron chi connectivity index (χ2n) is 30.4. The molecule has 0 aromatic carbocycles. The number of ether oxygens (including phenoxy) is 4. The van der Waals surface area contributed by atoms with E-state index in [0.29, 0.717) is 31.6 Å². The van der Waals surface area contributed by atoms with Gasteiger partial charge in [-0.2, -0.15) is 0 Å². The summed E-state index contributed by atoms with van der Waals surface area (Å²) in [6, 6.07) is 0. The van der Waals surface area contributed by atoms with Crippen LogP contribution in [0.3, 0.4) is 0 Å². The number of carbonyl (C=O) groups is 4. The van der Waals surface area contributed by atoms with Crippen molar-refractivity contribution in [2.45, 2.75) is 426 Å². The highest BCUT2D eigenvalue weighted by molar-refractivity contribution is 7.47. The van der Waals surface area contributed by atoms with Crippen LogP contribution in [0.4, 0.5) is 0 Å². The van der Waals surface area contributed by atoms with Crippen LogP contribution < -0.4 is 0 Å². The van der Waals surface area contributed by atoms with Gasteiger partial charge < -0.3 is 33.8 Å². The summed E-state index contributed by atoms with van der Waals surface area (Å²) in [5.41, 5.74) is 0. The highest BCUT2D eigenvalue weighted by atomic mass is 31.2. The lowest BCUT2D eigenvalue weighted by molar-refractivity contribution is -0.161. The quantitative estimate of drug-likeness (QED) is 0.0169. The molecule has 0 fully saturated rings. The van der Waals surface area contributed by atoms with E-state index in [0.717, 1.165) is 121 Å². The molecular weight excluding hydrogens is 1330 g/mol. The lowest BCUT2D eigenvalue weighted by atomic mass is 9.99. The molecule has 0 aliphatic heterocycles. The van der Waals surface area contributed by atoms with E-state index in [2.05, 4.69) is 72.8 Å². The number of carbonyl (C=O) groups excluding carboxylic acids is 4. The molecule has 0 aliphatic carbocycles. The number of phosphoric acid groups is 2. The SMILES string of the molecule is CCCCCC/C=C\C=C/CCCCCCCC(=O)O[C@H](COC(=O)CCCCCCCCC(C)C)COP(=O)(O)OC[C@H](O)COP(=O)(O)OC[C@@H](COC(=O)CCCCCCCCCCCCCCCC(C)C)OC(=O)CCCCCCCCCCCCCCCCCCCCC(C)CC. The number of aliphatic hydroxyl groups is 1. The van der Waals surface area contributed by atoms with Gasteiger partial charge in [-0.1, -0.05) is 355 Å². The zero-order valence-corrected chi connectivity index (χ0v) is 68.4. The summed E-state index contributed by atoms with van der Waals surface area (Å²) in [6.07, 6.45) is 64.8. The standard InChI is InChI=1S/C83H158O17P2/c1-8-10-11-12-13-14-15-16-21-27-33-38-43-52-59-67-83(88)100-79(71-94-81(86)65-58-51-46-45-48-55-62-75(5)6)73-98-102(91,92)96-69-77(84)68-95-101(89,90)97-72-78(70-93-80(85)64-57-50-42-37-32-29-24-25-30-35-40-47-54-61-74(3)4)99-82(87)66-60-53-44-39-34-28-23-20-18-17-19-22-26-31-36-41-49-56-63-76(7)9-2/h14-16,21,74-79,84H,8-13,17-20,22-73H2,1-7H3,(H,89,90)(H,91,92)/b15-14-,21-16-/t76?,77-,78-,79-/m1/s1. The number of esters is 4. The Balaban J connectivity index is 5.24. The number of hydrogen-bond donors (Lipinski definition) is 3. The van der Waals surface area contributed by atoms with E-state index in [1.165, 1.54) is 199 Å². The van der Waals surface area contributed by atoms with Gasteiger partial charge in [-0.15, -0.1) is 0 Å². The maximum atomic E-state index is 13.1. The van der Waals surface area contributed by atoms with E-state index in [-0.39, 0.29) is 25.7 Å². The molecule has 0 bridgehead atoms. The molecule has 0 aromatic rings. The third-order valence-corrected chi connectivity index (χ3v) is 21.0. The predicted octanol–water partition coefficient (Wildman–Crippen LogP) is 24.5. The molecule has 0 amide bonds. The molecule has 17 nitrogen and oxygen atoms in total. The maximum Gasteiger partial charge on any atom is 0.472 e. The van der Waals surface area contributed by atoms with Gasteiger partial charge in [0.05, 0.1) is 26.4 Å². The van der Waals surface area contributed by atoms with Gasteiger partial charge in [0.25, 0.3) is 0 Å². The number of hydrogen-bond acceptors (Lipinski definition) is 15. The molecule has 3 N–H and O–H groups in total. The molecule has 6 atom stereocenters. The van der Waals surface area contributed by atoms with Crippen LogP contribution in [-0.2, 0) is 65.4 Å². The molecule has 3 unspecified atom stereocenters. The summed E-state index contributed by atoms with van der Waals surface area (Å²) >= 11 is 0. The first-order valence-corrected chi connectivity index (χ1v) is 45.2. The van der Waals surface area contributed by atoms with Crippen molar-refractivity contribution in [3.8, 4) is 0 Å². The Kier molecular flexibility index (Phi) is 71.0. The number of phosphoric ester groups is 2. The topological polar surface area (TPSA) is 237 Å². The molecular formula is C83H158O17P2. The van der Waals surface area contributed by atoms with Crippen LogP contribution in [0, 0.1) is 17.8 Å². The molecule has 0 heterocycles. The molecule has 0 rings (SSSR count). The lowest BCUT2D eigenvalue weighted by Gasteiger charge is -2.21. The van der Waals surface area contributed by atoms with E-state index in [9.17, 15) is 43.2 Å². The Labute approximate surface area is 624 Å². The second-order valence-corrected chi connectivity index (χ2v) is 33.3. The monoisotopic (exact) mass is 1490 g/mol. The zero-order chi connectivity index (χ0) is 75.1. The van der Waals surface area contributed by atoms with Crippen molar-refractivity contribution in [2.75, 3.05) is 39.6 Å². The maximum absolute atomic E-state index is 13.1. The van der Waals surface area contributed by atoms with E-state index in [4.69, 9.17) is 37.0 Å². The molecule has 0 spiro atoms. The number of aliphatic hydroxyl groups excluding tert-OH is 1. The van der Waals surface area contributed by atoms with E-state index in [1.54, 1.807) is 0 Å². The van der Waals surface area contributed by atoms with E-state index < -0.39 is 97.5 Å². The fourth-order valence-electron chi connectivity index (χ4n) is 12.3. The van der Waals surface area contributed by atoms with Crippen LogP contribution in [0.5, 0.6) is 0 Å². The highest BCUT2D eigenvalue weighted by Gasteiger charge is 2.30. The molecule has 0 radical (unpaired) electrons. The van der Waals surface area contributed by atoms with Crippen molar-refractivity contribution >= 4 is 39.5 Å². The van der Waals surface area contributed by atoms with Crippen molar-refractivity contribution < 1.29 is 80.2 Å². The van der Waals surface area contributed by atoms with E-state index in [1.807, 2.05) is 0 Å². The first-order valence-electron chi connectivity index (χ1n) is 42.2. The summed E-state index contributed by atoms with van der Waals surface area (Å²) in [5.74, 6) is 0.193. The van der Waals surface area contributed by atoms with Gasteiger partial charge in [0.1, 0.15) is 19.3 Å². The molecule has 0 saturated carbocycles. The summed E-state index contributed by atoms with van der Waals surface area (Å²) in [5, 5.41) is 10.6. The first kappa shape index (κ1) is 99.5. The Morgan fingerprint density at radius 1 is 0.324 bits per heavy atom. The first-order chi connectivity index (χ1) is 49.3. The average molecular weight is 1490 g/mol. The minimum Gasteiger partial charge on any atom is -0.462 e. The van der Waals surface area contributed by atoms with Gasteiger partial charge in [0.15, 0.2) is 12.2 Å². The van der Waals surface area contributed by atoms with Crippen molar-refractivity contribution in [3.63, 3.8) is 0 Å². The predicted molar refractivity (Wildman–Crippen MR) is 418 cm³/mol. The van der Waals surface area contributed by atoms with Crippen LogP contribution in [0.15, 0.2) is 24.3 Å². The molecule has 0 aliphatic rings. The van der Waals surface area contributed by atoms with Gasteiger partial charge in [-0.05, 0) is 69.1 Å². The van der Waals surface area contributed by atoms with Crippen LogP contribution in [0.25, 0.3) is 0 Å². The summed E-state index contributed by atoms with van der Waals surface area (Å²) < 4.78 is 68.7. The van der Waals surface area contributed by atoms with Gasteiger partial charge in [0, 0.05) is 25.7 Å². The normalized spacial score (nSPS) is 14.4. The average Bonchev–Trinajstić information content (AvgIpc) is 0.909. The third-order valence-electron chi connectivity index (χ3n) is 19.1. The van der Waals surface area contributed by atoms with Crippen molar-refractivity contribution in [3.05, 3.63) is 24.3 Å². The van der Waals surface area contributed by atoms with Gasteiger partial charge >= 0.3 is 39.5 Å². The molecule has 0 aromatic heterocycles. The third kappa shape index (κ3) is 74.4. The zero-order valence-electron chi connectivity index (χ0n) is 66.6. The Morgan fingerprint density at radius 3 is 0.873 bits per heavy atom. The van der Waals surface area contributed by atoms with Crippen LogP contribution in [-0.4, -0.2) is 96.7 Å². The van der Waals surface area contributed by atoms with Crippen LogP contribution in [0.1, 0.15) is 408 Å². The number of rotatable bonds is 79. The minimum atomic E-state index is -4.97. The van der Waals surface area contributed by atoms with E-state index >= 15 is 0 Å². The summed E-state index contributed by atoms with van der Waals surface area (Å²) in [6.45, 7) is 11.9. The smallest absolute Gasteiger partial charge is 0.462 e. The highest BCUT2D eigenvalue weighted by Crippen LogP contribution is 2.45. The number of allylic oxidation sites excluding steroid dienone is 4. The Bertz CT molecular complexity index is 2070. The second kappa shape index (κ2) is 72.7. The Morgan fingerprint density at radius 2 is 0.578 bits per heavy atom. The van der Waals surface area contributed by atoms with Crippen molar-refractivity contribution in [1.29, 1.82) is 0 Å². The fraction of sp³-hybridized carbons (Fsp3) is 0.904. The number of unbranched alkanes of at least 4 members (excludes halogenated alkanes) is 43. The van der Waals surface area contributed by atoms with Gasteiger partial charge in [-0.25, -0.2) is 9.13 Å². The Hall–Kier alpha value is -2.46. The summed E-state index contributed by atoms with van der Waals surface area (Å²) in [7, 11) is -9.93. The largest absolute Gasteiger partial charge is 0.472 e. The van der Waals surface area contributed by atoms with Crippen molar-refractivity contribution in [2.24, 2.45) is 17.8 Å². The summed E-state index contributed by atoms with van der Waals surface area (Å²) in [4.78, 5) is 73.0. The molecule has 0 saturated heterocycles. The lowest BCUT2D eigenvalue weighted by Crippen LogP contribution is -2.30. The minimum absolute atomic E-state index is 0.0839. The van der Waals surface area contributed by atoms with Crippen LogP contribution in [0.2, 0.25) is 0 Å².